The number of halogens is 5. The van der Waals surface area contributed by atoms with E-state index in [9.17, 15) is 27.9 Å². The molecule has 0 saturated carbocycles. The zero-order valence-corrected chi connectivity index (χ0v) is 23.5. The quantitative estimate of drug-likeness (QED) is 0.290. The number of benzene rings is 1. The summed E-state index contributed by atoms with van der Waals surface area (Å²) < 4.78 is 68.3. The second-order valence-corrected chi connectivity index (χ2v) is 11.3. The number of phosphoric ester groups is 1. The van der Waals surface area contributed by atoms with Gasteiger partial charge in [-0.3, -0.25) is 13.6 Å². The summed E-state index contributed by atoms with van der Waals surface area (Å²) in [5, 5.41) is 29.6. The Bertz CT molecular complexity index is 1570. The number of phosphoric acid groups is 1. The van der Waals surface area contributed by atoms with E-state index in [1.165, 1.54) is 24.1 Å². The van der Waals surface area contributed by atoms with E-state index in [0.29, 0.717) is 26.8 Å². The summed E-state index contributed by atoms with van der Waals surface area (Å²) in [6.45, 7) is 0.923. The fourth-order valence-corrected chi connectivity index (χ4v) is 5.34. The van der Waals surface area contributed by atoms with E-state index in [-0.39, 0.29) is 18.2 Å². The van der Waals surface area contributed by atoms with Crippen molar-refractivity contribution in [2.24, 2.45) is 0 Å². The van der Waals surface area contributed by atoms with Crippen molar-refractivity contribution in [1.29, 1.82) is 0 Å². The van der Waals surface area contributed by atoms with Crippen LogP contribution in [0.25, 0.3) is 16.9 Å². The van der Waals surface area contributed by atoms with Gasteiger partial charge in [0.25, 0.3) is 0 Å². The molecule has 4 heterocycles. The maximum atomic E-state index is 13.1. The summed E-state index contributed by atoms with van der Waals surface area (Å²) in [4.78, 5) is 21.1. The number of aliphatic hydroxyl groups is 2. The number of fused-ring (bicyclic) bond motifs is 1. The molecule has 228 valence electrons. The summed E-state index contributed by atoms with van der Waals surface area (Å²) in [6, 6.07) is 4.78. The van der Waals surface area contributed by atoms with Crippen molar-refractivity contribution in [3.8, 4) is 0 Å². The van der Waals surface area contributed by atoms with E-state index in [1.807, 2.05) is 0 Å². The number of nitrogens with two attached hydrogens (primary N) is 1. The van der Waals surface area contributed by atoms with Crippen LogP contribution in [0.3, 0.4) is 0 Å². The first kappa shape index (κ1) is 31.9. The lowest BCUT2D eigenvalue weighted by molar-refractivity contribution is -0.192. The zero-order chi connectivity index (χ0) is 31.0. The van der Waals surface area contributed by atoms with E-state index >= 15 is 0 Å². The number of carboxylic acids is 1. The van der Waals surface area contributed by atoms with Crippen LogP contribution in [-0.2, 0) is 27.7 Å². The number of hydrogen-bond donors (Lipinski definition) is 4. The van der Waals surface area contributed by atoms with Gasteiger partial charge in [0.05, 0.1) is 29.6 Å². The number of carboxylic acid groups (broad SMARTS) is 1. The molecule has 1 saturated heterocycles. The number of nitrogen functional groups attached to an aromatic ring is 1. The molecule has 0 bridgehead atoms. The van der Waals surface area contributed by atoms with Crippen molar-refractivity contribution >= 4 is 59.7 Å². The molecule has 3 aromatic rings. The molecule has 1 unspecified atom stereocenters. The Morgan fingerprint density at radius 1 is 1.29 bits per heavy atom. The van der Waals surface area contributed by atoms with Crippen LogP contribution in [0.4, 0.5) is 19.0 Å². The third-order valence-corrected chi connectivity index (χ3v) is 8.04. The van der Waals surface area contributed by atoms with E-state index in [4.69, 9.17) is 57.1 Å². The van der Waals surface area contributed by atoms with Crippen LogP contribution in [0.5, 0.6) is 0 Å². The van der Waals surface area contributed by atoms with Crippen LogP contribution in [-0.4, -0.2) is 78.0 Å². The van der Waals surface area contributed by atoms with Gasteiger partial charge in [-0.05, 0) is 31.2 Å². The predicted octanol–water partition coefficient (Wildman–Crippen LogP) is 3.57. The van der Waals surface area contributed by atoms with Crippen LogP contribution in [0.2, 0.25) is 10.0 Å². The molecule has 5 rings (SSSR count). The SMILES string of the molecule is C[C@@]1(O)[C@H](O)[C@@H](COP2(=O)OCC=C(c3ccc(Cl)c(Cl)c3)O2)O[C@H]1n1cnc2c(N)ncnc21.O=C(O)C(F)(F)F. The Hall–Kier alpha value is -3.02. The van der Waals surface area contributed by atoms with Gasteiger partial charge in [0, 0.05) is 5.56 Å². The fourth-order valence-electron chi connectivity index (χ4n) is 3.86. The molecule has 20 heteroatoms. The minimum Gasteiger partial charge on any atom is -0.475 e. The highest BCUT2D eigenvalue weighted by atomic mass is 35.5. The van der Waals surface area contributed by atoms with Gasteiger partial charge in [-0.2, -0.15) is 13.2 Å². The smallest absolute Gasteiger partial charge is 0.475 e. The molecule has 5 N–H and O–H groups in total. The summed E-state index contributed by atoms with van der Waals surface area (Å²) in [5.74, 6) is -2.37. The second kappa shape index (κ2) is 11.9. The molecule has 14 nitrogen and oxygen atoms in total. The number of alkyl halides is 3. The minimum atomic E-state index is -5.08. The highest BCUT2D eigenvalue weighted by Crippen LogP contribution is 2.56. The molecule has 42 heavy (non-hydrogen) atoms. The molecule has 0 spiro atoms. The van der Waals surface area contributed by atoms with Crippen LogP contribution in [0.1, 0.15) is 18.7 Å². The minimum absolute atomic E-state index is 0.0522. The molecule has 1 aromatic carbocycles. The molecular weight excluding hydrogens is 637 g/mol. The number of imidazole rings is 1. The van der Waals surface area contributed by atoms with Gasteiger partial charge >= 0.3 is 20.0 Å². The lowest BCUT2D eigenvalue weighted by Crippen LogP contribution is -2.44. The van der Waals surface area contributed by atoms with Crippen LogP contribution in [0, 0.1) is 0 Å². The first-order chi connectivity index (χ1) is 19.5. The number of carbonyl (C=O) groups is 1. The van der Waals surface area contributed by atoms with Crippen molar-refractivity contribution in [2.45, 2.75) is 37.1 Å². The average molecular weight is 658 g/mol. The first-order valence-corrected chi connectivity index (χ1v) is 13.8. The predicted molar refractivity (Wildman–Crippen MR) is 139 cm³/mol. The van der Waals surface area contributed by atoms with E-state index in [2.05, 4.69) is 15.0 Å². The molecule has 0 amide bonds. The van der Waals surface area contributed by atoms with Gasteiger partial charge in [0.1, 0.15) is 35.4 Å². The van der Waals surface area contributed by atoms with Crippen molar-refractivity contribution in [3.63, 3.8) is 0 Å². The van der Waals surface area contributed by atoms with E-state index in [1.54, 1.807) is 24.3 Å². The van der Waals surface area contributed by atoms with Gasteiger partial charge in [0.2, 0.25) is 0 Å². The topological polar surface area (TPSA) is 201 Å². The number of rotatable bonds is 5. The molecule has 0 aliphatic carbocycles. The largest absolute Gasteiger partial charge is 0.530 e. The number of aliphatic hydroxyl groups excluding tert-OH is 1. The Kier molecular flexibility index (Phi) is 9.06. The lowest BCUT2D eigenvalue weighted by Gasteiger charge is -2.27. The number of hydrogen-bond acceptors (Lipinski definition) is 12. The molecule has 2 aliphatic heterocycles. The van der Waals surface area contributed by atoms with Crippen LogP contribution in [0.15, 0.2) is 36.9 Å². The van der Waals surface area contributed by atoms with Crippen molar-refractivity contribution in [3.05, 3.63) is 52.5 Å². The zero-order valence-electron chi connectivity index (χ0n) is 21.1. The molecule has 0 radical (unpaired) electrons. The van der Waals surface area contributed by atoms with Gasteiger partial charge < -0.3 is 30.3 Å². The summed E-state index contributed by atoms with van der Waals surface area (Å²) in [6.07, 6.45) is -4.52. The number of ether oxygens (including phenoxy) is 1. The number of aromatic nitrogens is 4. The maximum Gasteiger partial charge on any atom is 0.530 e. The van der Waals surface area contributed by atoms with Crippen LogP contribution < -0.4 is 5.73 Å². The number of aliphatic carboxylic acids is 1. The second-order valence-electron chi connectivity index (χ2n) is 8.91. The van der Waals surface area contributed by atoms with Crippen molar-refractivity contribution in [1.82, 2.24) is 19.5 Å². The van der Waals surface area contributed by atoms with Crippen molar-refractivity contribution in [2.75, 3.05) is 18.9 Å². The van der Waals surface area contributed by atoms with E-state index < -0.39 is 50.6 Å². The summed E-state index contributed by atoms with van der Waals surface area (Å²) in [7, 11) is -4.08. The molecule has 5 atom stereocenters. The first-order valence-electron chi connectivity index (χ1n) is 11.6. The highest BCUT2D eigenvalue weighted by Gasteiger charge is 2.54. The van der Waals surface area contributed by atoms with Crippen LogP contribution >= 0.6 is 31.0 Å². The third kappa shape index (κ3) is 6.63. The van der Waals surface area contributed by atoms with E-state index in [0.717, 1.165) is 0 Å². The monoisotopic (exact) mass is 657 g/mol. The number of nitrogens with zero attached hydrogens (tertiary/aromatic N) is 4. The number of anilines is 1. The third-order valence-electron chi connectivity index (χ3n) is 5.95. The Morgan fingerprint density at radius 2 is 1.98 bits per heavy atom. The maximum absolute atomic E-state index is 13.1. The molecule has 2 aliphatic rings. The van der Waals surface area contributed by atoms with Gasteiger partial charge in [0.15, 0.2) is 17.7 Å². The Labute approximate surface area is 244 Å². The summed E-state index contributed by atoms with van der Waals surface area (Å²) in [5.41, 5.74) is 5.19. The van der Waals surface area contributed by atoms with Crippen molar-refractivity contribution < 1.29 is 56.2 Å². The molecule has 2 aromatic heterocycles. The van der Waals surface area contributed by atoms with Gasteiger partial charge in [-0.1, -0.05) is 23.2 Å². The standard InChI is InChI=1S/C20H20Cl2N5O7P.C2HF3O2/c1-20(29)16(28)14(33-19(20)27-9-26-15-17(23)24-8-25-18(15)27)7-32-35(30)31-5-4-13(34-35)10-2-3-11(21)12(22)6-10;3-2(4,5)1(6)7/h2-4,6,8-9,14,16,19,28-29H,5,7H2,1H3,(H2,23,24,25);(H,6,7)/t14-,16-,19-,20-,35?;/m1./s1. The van der Waals surface area contributed by atoms with Gasteiger partial charge in [-0.15, -0.1) is 0 Å². The molecule has 1 fully saturated rings. The normalized spacial score (nSPS) is 27.6. The fraction of sp³-hybridized carbons (Fsp3) is 0.364. The highest BCUT2D eigenvalue weighted by molar-refractivity contribution is 7.48. The Morgan fingerprint density at radius 3 is 2.62 bits per heavy atom. The van der Waals surface area contributed by atoms with Gasteiger partial charge in [-0.25, -0.2) is 24.3 Å². The Balaban J connectivity index is 0.000000517. The molecular formula is C22H21Cl2F3N5O9P. The average Bonchev–Trinajstić information content (AvgIpc) is 3.43. The summed E-state index contributed by atoms with van der Waals surface area (Å²) >= 11 is 12.0. The lowest BCUT2D eigenvalue weighted by atomic mass is 9.96.